The van der Waals surface area contributed by atoms with Crippen LogP contribution in [0, 0.1) is 11.8 Å². The predicted molar refractivity (Wildman–Crippen MR) is 50.6 cm³/mol. The van der Waals surface area contributed by atoms with Crippen LogP contribution in [0.1, 0.15) is 58.8 Å². The maximum atomic E-state index is 2.35. The second-order valence-corrected chi connectivity index (χ2v) is 4.10. The molecule has 1 rings (SSSR count). The molecule has 0 aromatic rings. The van der Waals surface area contributed by atoms with Gasteiger partial charge in [-0.1, -0.05) is 52.4 Å². The molecule has 1 atom stereocenters. The SMILES string of the molecule is CCCCC(CC)CC1CC1. The third-order valence-corrected chi connectivity index (χ3v) is 2.91. The Kier molecular flexibility index (Phi) is 3.96. The zero-order valence-corrected chi connectivity index (χ0v) is 8.10. The summed E-state index contributed by atoms with van der Waals surface area (Å²) in [6.07, 6.45) is 10.3. The first-order valence-corrected chi connectivity index (χ1v) is 5.36. The van der Waals surface area contributed by atoms with Crippen molar-refractivity contribution in [1.82, 2.24) is 0 Å². The maximum absolute atomic E-state index is 2.35. The molecule has 1 fully saturated rings. The summed E-state index contributed by atoms with van der Waals surface area (Å²) in [6, 6.07) is 0. The minimum absolute atomic E-state index is 1.06. The van der Waals surface area contributed by atoms with E-state index in [0.717, 1.165) is 11.8 Å². The van der Waals surface area contributed by atoms with Crippen LogP contribution in [0.15, 0.2) is 0 Å². The second kappa shape index (κ2) is 4.79. The lowest BCUT2D eigenvalue weighted by molar-refractivity contribution is 0.400. The van der Waals surface area contributed by atoms with Crippen molar-refractivity contribution in [3.05, 3.63) is 0 Å². The van der Waals surface area contributed by atoms with E-state index in [2.05, 4.69) is 13.8 Å². The molecular weight excluding hydrogens is 132 g/mol. The van der Waals surface area contributed by atoms with Gasteiger partial charge in [-0.15, -0.1) is 0 Å². The van der Waals surface area contributed by atoms with Gasteiger partial charge in [0.1, 0.15) is 0 Å². The molecule has 0 aliphatic heterocycles. The largest absolute Gasteiger partial charge is 0.0654 e. The van der Waals surface area contributed by atoms with Gasteiger partial charge in [-0.3, -0.25) is 0 Å². The quantitative estimate of drug-likeness (QED) is 0.542. The van der Waals surface area contributed by atoms with E-state index in [9.17, 15) is 0 Å². The Hall–Kier alpha value is 0. The molecular formula is C11H22. The molecule has 0 amide bonds. The number of unbranched alkanes of at least 4 members (excludes halogenated alkanes) is 1. The summed E-state index contributed by atoms with van der Waals surface area (Å²) in [5, 5.41) is 0. The summed E-state index contributed by atoms with van der Waals surface area (Å²) in [4.78, 5) is 0. The zero-order valence-electron chi connectivity index (χ0n) is 8.10. The van der Waals surface area contributed by atoms with E-state index in [1.165, 1.54) is 44.9 Å². The molecule has 0 N–H and O–H groups in total. The smallest absolute Gasteiger partial charge is 0.0411 e. The van der Waals surface area contributed by atoms with Crippen molar-refractivity contribution in [3.63, 3.8) is 0 Å². The van der Waals surface area contributed by atoms with Crippen LogP contribution in [0.4, 0.5) is 0 Å². The molecule has 0 nitrogen and oxygen atoms in total. The Morgan fingerprint density at radius 1 is 1.27 bits per heavy atom. The van der Waals surface area contributed by atoms with Crippen molar-refractivity contribution in [2.75, 3.05) is 0 Å². The summed E-state index contributed by atoms with van der Waals surface area (Å²) in [5.74, 6) is 2.19. The van der Waals surface area contributed by atoms with Gasteiger partial charge in [0.05, 0.1) is 0 Å². The van der Waals surface area contributed by atoms with Crippen molar-refractivity contribution >= 4 is 0 Å². The molecule has 11 heavy (non-hydrogen) atoms. The normalized spacial score (nSPS) is 20.2. The van der Waals surface area contributed by atoms with Crippen molar-refractivity contribution in [2.24, 2.45) is 11.8 Å². The number of hydrogen-bond acceptors (Lipinski definition) is 0. The van der Waals surface area contributed by atoms with Crippen molar-refractivity contribution in [3.8, 4) is 0 Å². The molecule has 0 bridgehead atoms. The molecule has 66 valence electrons. The molecule has 0 saturated heterocycles. The standard InChI is InChI=1S/C11H22/c1-3-5-6-10(4-2)9-11-7-8-11/h10-11H,3-9H2,1-2H3. The Morgan fingerprint density at radius 3 is 2.45 bits per heavy atom. The Labute approximate surface area is 71.4 Å². The fourth-order valence-electron chi connectivity index (χ4n) is 1.81. The van der Waals surface area contributed by atoms with Gasteiger partial charge < -0.3 is 0 Å². The third-order valence-electron chi connectivity index (χ3n) is 2.91. The summed E-state index contributed by atoms with van der Waals surface area (Å²) in [5.41, 5.74) is 0. The molecule has 1 saturated carbocycles. The molecule has 0 heterocycles. The molecule has 0 aromatic heterocycles. The molecule has 0 radical (unpaired) electrons. The Balaban J connectivity index is 2.02. The van der Waals surface area contributed by atoms with Crippen LogP contribution in [-0.4, -0.2) is 0 Å². The van der Waals surface area contributed by atoms with Crippen LogP contribution in [0.2, 0.25) is 0 Å². The highest BCUT2D eigenvalue weighted by molar-refractivity contribution is 4.76. The molecule has 0 aromatic carbocycles. The Bertz CT molecular complexity index is 92.2. The lowest BCUT2D eigenvalue weighted by atomic mass is 9.94. The highest BCUT2D eigenvalue weighted by atomic mass is 14.3. The van der Waals surface area contributed by atoms with Crippen LogP contribution >= 0.6 is 0 Å². The molecule has 1 unspecified atom stereocenters. The summed E-state index contributed by atoms with van der Waals surface area (Å²) < 4.78 is 0. The number of hydrogen-bond donors (Lipinski definition) is 0. The average molecular weight is 154 g/mol. The highest BCUT2D eigenvalue weighted by Crippen LogP contribution is 2.37. The van der Waals surface area contributed by atoms with Gasteiger partial charge in [0, 0.05) is 0 Å². The highest BCUT2D eigenvalue weighted by Gasteiger charge is 2.24. The second-order valence-electron chi connectivity index (χ2n) is 4.10. The van der Waals surface area contributed by atoms with Crippen LogP contribution in [0.5, 0.6) is 0 Å². The summed E-state index contributed by atoms with van der Waals surface area (Å²) in [7, 11) is 0. The topological polar surface area (TPSA) is 0 Å². The minimum Gasteiger partial charge on any atom is -0.0654 e. The van der Waals surface area contributed by atoms with E-state index in [1.54, 1.807) is 0 Å². The molecule has 0 spiro atoms. The van der Waals surface area contributed by atoms with Crippen LogP contribution < -0.4 is 0 Å². The Morgan fingerprint density at radius 2 is 2.00 bits per heavy atom. The van der Waals surface area contributed by atoms with E-state index in [4.69, 9.17) is 0 Å². The summed E-state index contributed by atoms with van der Waals surface area (Å²) >= 11 is 0. The monoisotopic (exact) mass is 154 g/mol. The maximum Gasteiger partial charge on any atom is -0.0411 e. The average Bonchev–Trinajstić information content (AvgIpc) is 2.81. The molecule has 1 aliphatic carbocycles. The van der Waals surface area contributed by atoms with E-state index >= 15 is 0 Å². The van der Waals surface area contributed by atoms with E-state index in [1.807, 2.05) is 0 Å². The number of rotatable bonds is 6. The van der Waals surface area contributed by atoms with Gasteiger partial charge >= 0.3 is 0 Å². The van der Waals surface area contributed by atoms with E-state index in [-0.39, 0.29) is 0 Å². The summed E-state index contributed by atoms with van der Waals surface area (Å²) in [6.45, 7) is 4.65. The zero-order chi connectivity index (χ0) is 8.10. The first-order valence-electron chi connectivity index (χ1n) is 5.36. The van der Waals surface area contributed by atoms with Gasteiger partial charge in [0.2, 0.25) is 0 Å². The lowest BCUT2D eigenvalue weighted by Gasteiger charge is -2.12. The van der Waals surface area contributed by atoms with Crippen molar-refractivity contribution in [1.29, 1.82) is 0 Å². The molecule has 1 aliphatic rings. The molecule has 0 heteroatoms. The van der Waals surface area contributed by atoms with Crippen LogP contribution in [0.25, 0.3) is 0 Å². The predicted octanol–water partition coefficient (Wildman–Crippen LogP) is 4.00. The van der Waals surface area contributed by atoms with Gasteiger partial charge in [-0.25, -0.2) is 0 Å². The van der Waals surface area contributed by atoms with Gasteiger partial charge in [0.25, 0.3) is 0 Å². The fraction of sp³-hybridized carbons (Fsp3) is 1.00. The first-order chi connectivity index (χ1) is 5.36. The first kappa shape index (κ1) is 9.09. The van der Waals surface area contributed by atoms with Gasteiger partial charge in [-0.05, 0) is 18.3 Å². The minimum atomic E-state index is 1.06. The fourth-order valence-corrected chi connectivity index (χ4v) is 1.81. The van der Waals surface area contributed by atoms with Crippen LogP contribution in [-0.2, 0) is 0 Å². The van der Waals surface area contributed by atoms with E-state index in [0.29, 0.717) is 0 Å². The lowest BCUT2D eigenvalue weighted by Crippen LogP contribution is -1.99. The van der Waals surface area contributed by atoms with E-state index < -0.39 is 0 Å². The third kappa shape index (κ3) is 3.79. The van der Waals surface area contributed by atoms with Crippen molar-refractivity contribution < 1.29 is 0 Å². The van der Waals surface area contributed by atoms with Gasteiger partial charge in [-0.2, -0.15) is 0 Å². The van der Waals surface area contributed by atoms with Gasteiger partial charge in [0.15, 0.2) is 0 Å². The van der Waals surface area contributed by atoms with Crippen LogP contribution in [0.3, 0.4) is 0 Å². The van der Waals surface area contributed by atoms with Crippen molar-refractivity contribution in [2.45, 2.75) is 58.8 Å².